The molecule has 0 radical (unpaired) electrons. The molecule has 21 heavy (non-hydrogen) atoms. The number of amides is 2. The number of rotatable bonds is 3. The molecule has 8 heteroatoms. The molecule has 0 aliphatic rings. The lowest BCUT2D eigenvalue weighted by Gasteiger charge is -2.08. The van der Waals surface area contributed by atoms with Crippen LogP contribution in [0, 0.1) is 17.6 Å². The summed E-state index contributed by atoms with van der Waals surface area (Å²) in [5, 5.41) is 2.02. The number of primary amides is 1. The highest BCUT2D eigenvalue weighted by molar-refractivity contribution is 6.05. The van der Waals surface area contributed by atoms with Crippen LogP contribution in [0.4, 0.5) is 18.9 Å². The molecule has 1 aromatic carbocycles. The van der Waals surface area contributed by atoms with E-state index < -0.39 is 46.2 Å². The number of aromatic nitrogens is 1. The van der Waals surface area contributed by atoms with Gasteiger partial charge in [0.15, 0.2) is 0 Å². The van der Waals surface area contributed by atoms with Gasteiger partial charge in [-0.1, -0.05) is 0 Å². The minimum atomic E-state index is -1.16. The monoisotopic (exact) mass is 295 g/mol. The quantitative estimate of drug-likeness (QED) is 0.847. The second kappa shape index (κ2) is 5.61. The zero-order chi connectivity index (χ0) is 15.6. The van der Waals surface area contributed by atoms with Crippen molar-refractivity contribution in [2.75, 3.05) is 5.32 Å². The molecule has 0 aliphatic heterocycles. The Morgan fingerprint density at radius 2 is 1.81 bits per heavy atom. The lowest BCUT2D eigenvalue weighted by atomic mass is 10.1. The van der Waals surface area contributed by atoms with Crippen molar-refractivity contribution in [1.82, 2.24) is 4.98 Å². The Hall–Kier alpha value is -2.90. The highest BCUT2D eigenvalue weighted by Crippen LogP contribution is 2.20. The maximum atomic E-state index is 13.6. The maximum absolute atomic E-state index is 13.6. The summed E-state index contributed by atoms with van der Waals surface area (Å²) in [6.45, 7) is 0. The van der Waals surface area contributed by atoms with Crippen LogP contribution in [0.15, 0.2) is 30.5 Å². The Morgan fingerprint density at radius 1 is 1.10 bits per heavy atom. The predicted molar refractivity (Wildman–Crippen MR) is 67.0 cm³/mol. The minimum absolute atomic E-state index is 0.398. The van der Waals surface area contributed by atoms with Gasteiger partial charge in [0.2, 0.25) is 5.95 Å². The number of hydrogen-bond donors (Lipinski definition) is 2. The van der Waals surface area contributed by atoms with Gasteiger partial charge in [0.25, 0.3) is 11.8 Å². The SMILES string of the molecule is NC(=O)c1cc(NC(=O)c2cccnc2F)c(F)cc1F. The van der Waals surface area contributed by atoms with Crippen LogP contribution in [0.3, 0.4) is 0 Å². The summed E-state index contributed by atoms with van der Waals surface area (Å²) in [4.78, 5) is 26.0. The lowest BCUT2D eigenvalue weighted by molar-refractivity contribution is 0.0991. The number of nitrogens with two attached hydrogens (primary N) is 1. The fraction of sp³-hybridized carbons (Fsp3) is 0. The number of nitrogens with one attached hydrogen (secondary N) is 1. The zero-order valence-corrected chi connectivity index (χ0v) is 10.4. The third-order valence-electron chi connectivity index (χ3n) is 2.57. The van der Waals surface area contributed by atoms with Gasteiger partial charge >= 0.3 is 0 Å². The molecule has 0 aliphatic carbocycles. The largest absolute Gasteiger partial charge is 0.366 e. The van der Waals surface area contributed by atoms with E-state index >= 15 is 0 Å². The third kappa shape index (κ3) is 2.99. The van der Waals surface area contributed by atoms with Crippen molar-refractivity contribution in [3.63, 3.8) is 0 Å². The second-order valence-corrected chi connectivity index (χ2v) is 3.97. The second-order valence-electron chi connectivity index (χ2n) is 3.97. The van der Waals surface area contributed by atoms with Crippen molar-refractivity contribution >= 4 is 17.5 Å². The smallest absolute Gasteiger partial charge is 0.260 e. The van der Waals surface area contributed by atoms with Gasteiger partial charge in [-0.25, -0.2) is 13.8 Å². The summed E-state index contributed by atoms with van der Waals surface area (Å²) in [5.41, 5.74) is 3.39. The Labute approximate surface area is 116 Å². The highest BCUT2D eigenvalue weighted by Gasteiger charge is 2.18. The normalized spacial score (nSPS) is 10.2. The highest BCUT2D eigenvalue weighted by atomic mass is 19.1. The number of pyridine rings is 1. The average Bonchev–Trinajstić information content (AvgIpc) is 2.41. The van der Waals surface area contributed by atoms with Gasteiger partial charge in [0, 0.05) is 12.3 Å². The van der Waals surface area contributed by atoms with Crippen molar-refractivity contribution in [2.45, 2.75) is 0 Å². The molecule has 108 valence electrons. The standard InChI is InChI=1S/C13H8F3N3O2/c14-8-5-9(15)10(4-7(8)12(17)20)19-13(21)6-2-1-3-18-11(6)16/h1-5H,(H2,17,20)(H,19,21). The molecule has 0 saturated heterocycles. The molecule has 2 aromatic rings. The van der Waals surface area contributed by atoms with E-state index in [4.69, 9.17) is 5.73 Å². The van der Waals surface area contributed by atoms with Gasteiger partial charge in [-0.3, -0.25) is 9.59 Å². The fourth-order valence-electron chi connectivity index (χ4n) is 1.58. The Morgan fingerprint density at radius 3 is 2.43 bits per heavy atom. The number of halogens is 3. The molecule has 5 nitrogen and oxygen atoms in total. The van der Waals surface area contributed by atoms with E-state index in [0.29, 0.717) is 6.07 Å². The number of anilines is 1. The summed E-state index contributed by atoms with van der Waals surface area (Å²) in [6.07, 6.45) is 1.13. The number of benzene rings is 1. The zero-order valence-electron chi connectivity index (χ0n) is 10.4. The fourth-order valence-corrected chi connectivity index (χ4v) is 1.58. The van der Waals surface area contributed by atoms with Crippen molar-refractivity contribution < 1.29 is 22.8 Å². The van der Waals surface area contributed by atoms with E-state index in [1.54, 1.807) is 0 Å². The molecule has 1 aromatic heterocycles. The average molecular weight is 295 g/mol. The van der Waals surface area contributed by atoms with Gasteiger partial charge in [-0.15, -0.1) is 0 Å². The molecule has 2 amide bonds. The third-order valence-corrected chi connectivity index (χ3v) is 2.57. The Bertz CT molecular complexity index is 735. The molecule has 0 saturated carbocycles. The van der Waals surface area contributed by atoms with Crippen LogP contribution < -0.4 is 11.1 Å². The maximum Gasteiger partial charge on any atom is 0.260 e. The summed E-state index contributed by atoms with van der Waals surface area (Å²) in [6, 6.07) is 3.58. The van der Waals surface area contributed by atoms with Gasteiger partial charge in [-0.05, 0) is 18.2 Å². The topological polar surface area (TPSA) is 85.1 Å². The number of carbonyl (C=O) groups is 2. The van der Waals surface area contributed by atoms with E-state index in [1.807, 2.05) is 5.32 Å². The first-order valence-electron chi connectivity index (χ1n) is 5.61. The van der Waals surface area contributed by atoms with Gasteiger partial charge in [-0.2, -0.15) is 4.39 Å². The van der Waals surface area contributed by atoms with E-state index in [9.17, 15) is 22.8 Å². The molecule has 0 unspecified atom stereocenters. The first-order valence-corrected chi connectivity index (χ1v) is 5.61. The van der Waals surface area contributed by atoms with Crippen molar-refractivity contribution in [3.8, 4) is 0 Å². The minimum Gasteiger partial charge on any atom is -0.366 e. The van der Waals surface area contributed by atoms with Crippen LogP contribution in [-0.4, -0.2) is 16.8 Å². The van der Waals surface area contributed by atoms with Crippen LogP contribution in [0.5, 0.6) is 0 Å². The molecule has 2 rings (SSSR count). The summed E-state index contributed by atoms with van der Waals surface area (Å²) >= 11 is 0. The number of carbonyl (C=O) groups excluding carboxylic acids is 2. The van der Waals surface area contributed by atoms with E-state index in [-0.39, 0.29) is 0 Å². The van der Waals surface area contributed by atoms with Gasteiger partial charge in [0.1, 0.15) is 11.6 Å². The van der Waals surface area contributed by atoms with Crippen LogP contribution in [0.25, 0.3) is 0 Å². The predicted octanol–water partition coefficient (Wildman–Crippen LogP) is 1.85. The van der Waals surface area contributed by atoms with E-state index in [2.05, 4.69) is 4.98 Å². The Kier molecular flexibility index (Phi) is 3.88. The van der Waals surface area contributed by atoms with Crippen LogP contribution in [-0.2, 0) is 0 Å². The van der Waals surface area contributed by atoms with E-state index in [1.165, 1.54) is 6.07 Å². The molecular weight excluding hydrogens is 287 g/mol. The van der Waals surface area contributed by atoms with Crippen molar-refractivity contribution in [3.05, 3.63) is 59.2 Å². The molecule has 0 spiro atoms. The lowest BCUT2D eigenvalue weighted by Crippen LogP contribution is -2.18. The van der Waals surface area contributed by atoms with Crippen LogP contribution in [0.1, 0.15) is 20.7 Å². The molecular formula is C13H8F3N3O2. The van der Waals surface area contributed by atoms with E-state index in [0.717, 1.165) is 18.3 Å². The molecule has 0 atom stereocenters. The number of nitrogens with zero attached hydrogens (tertiary/aromatic N) is 1. The number of hydrogen-bond acceptors (Lipinski definition) is 3. The Balaban J connectivity index is 2.36. The first-order chi connectivity index (χ1) is 9.90. The van der Waals surface area contributed by atoms with Crippen molar-refractivity contribution in [2.24, 2.45) is 5.73 Å². The molecule has 0 fully saturated rings. The van der Waals surface area contributed by atoms with Crippen LogP contribution in [0.2, 0.25) is 0 Å². The molecule has 3 N–H and O–H groups in total. The summed E-state index contributed by atoms with van der Waals surface area (Å²) in [7, 11) is 0. The van der Waals surface area contributed by atoms with Gasteiger partial charge < -0.3 is 11.1 Å². The molecule has 0 bridgehead atoms. The summed E-state index contributed by atoms with van der Waals surface area (Å²) < 4.78 is 40.2. The molecule has 1 heterocycles. The van der Waals surface area contributed by atoms with Gasteiger partial charge in [0.05, 0.1) is 16.8 Å². The van der Waals surface area contributed by atoms with Crippen LogP contribution >= 0.6 is 0 Å². The summed E-state index contributed by atoms with van der Waals surface area (Å²) in [5.74, 6) is -5.47. The van der Waals surface area contributed by atoms with Crippen molar-refractivity contribution in [1.29, 1.82) is 0 Å². The first kappa shape index (κ1) is 14.5.